The van der Waals surface area contributed by atoms with Gasteiger partial charge in [-0.25, -0.2) is 9.97 Å². The summed E-state index contributed by atoms with van der Waals surface area (Å²) in [5, 5.41) is 6.20. The molecule has 0 atom stereocenters. The first-order valence-corrected chi connectivity index (χ1v) is 5.57. The summed E-state index contributed by atoms with van der Waals surface area (Å²) in [6.45, 7) is 2.73. The number of aromatic nitrogens is 2. The number of anilines is 2. The Labute approximate surface area is 100 Å². The summed E-state index contributed by atoms with van der Waals surface area (Å²) < 4.78 is 5.48. The molecule has 0 amide bonds. The zero-order chi connectivity index (χ0) is 12.1. The standard InChI is InChI=1S/C12H16N4O/c1-9-3-4-10(17-9)5-6-14-12-7-11(13-2)15-8-16-12/h3-4,7-8H,5-6H2,1-2H3,(H2,13,14,15,16). The SMILES string of the molecule is CNc1cc(NCCc2ccc(C)o2)ncn1. The van der Waals surface area contributed by atoms with E-state index in [2.05, 4.69) is 20.6 Å². The van der Waals surface area contributed by atoms with E-state index in [9.17, 15) is 0 Å². The van der Waals surface area contributed by atoms with Crippen molar-refractivity contribution in [2.24, 2.45) is 0 Å². The number of rotatable bonds is 5. The van der Waals surface area contributed by atoms with Crippen molar-refractivity contribution in [1.29, 1.82) is 0 Å². The minimum absolute atomic E-state index is 0.785. The van der Waals surface area contributed by atoms with Crippen LogP contribution in [0.2, 0.25) is 0 Å². The third-order valence-electron chi connectivity index (χ3n) is 2.40. The van der Waals surface area contributed by atoms with Crippen LogP contribution < -0.4 is 10.6 Å². The summed E-state index contributed by atoms with van der Waals surface area (Å²) in [5.74, 6) is 3.54. The van der Waals surface area contributed by atoms with Crippen LogP contribution in [0.15, 0.2) is 28.9 Å². The van der Waals surface area contributed by atoms with Gasteiger partial charge in [0.2, 0.25) is 0 Å². The van der Waals surface area contributed by atoms with Crippen molar-refractivity contribution in [1.82, 2.24) is 9.97 Å². The molecule has 0 radical (unpaired) electrons. The van der Waals surface area contributed by atoms with Crippen molar-refractivity contribution in [2.45, 2.75) is 13.3 Å². The summed E-state index contributed by atoms with van der Waals surface area (Å²) in [4.78, 5) is 8.18. The van der Waals surface area contributed by atoms with Crippen LogP contribution in [0.1, 0.15) is 11.5 Å². The summed E-state index contributed by atoms with van der Waals surface area (Å²) in [7, 11) is 1.83. The van der Waals surface area contributed by atoms with Crippen molar-refractivity contribution < 1.29 is 4.42 Å². The van der Waals surface area contributed by atoms with Gasteiger partial charge in [-0.2, -0.15) is 0 Å². The quantitative estimate of drug-likeness (QED) is 0.826. The van der Waals surface area contributed by atoms with Gasteiger partial charge in [-0.05, 0) is 19.1 Å². The molecule has 2 N–H and O–H groups in total. The third kappa shape index (κ3) is 3.21. The zero-order valence-corrected chi connectivity index (χ0v) is 10.0. The monoisotopic (exact) mass is 232 g/mol. The molecule has 0 unspecified atom stereocenters. The van der Waals surface area contributed by atoms with Gasteiger partial charge in [0.25, 0.3) is 0 Å². The molecule has 5 nitrogen and oxygen atoms in total. The van der Waals surface area contributed by atoms with E-state index in [0.717, 1.165) is 36.1 Å². The smallest absolute Gasteiger partial charge is 0.131 e. The molecule has 0 saturated heterocycles. The van der Waals surface area contributed by atoms with Gasteiger partial charge in [0, 0.05) is 26.1 Å². The zero-order valence-electron chi connectivity index (χ0n) is 10.0. The number of nitrogens with one attached hydrogen (secondary N) is 2. The molecule has 90 valence electrons. The molecular formula is C12H16N4O. The fourth-order valence-electron chi connectivity index (χ4n) is 1.52. The Balaban J connectivity index is 1.85. The Morgan fingerprint density at radius 1 is 1.24 bits per heavy atom. The van der Waals surface area contributed by atoms with Gasteiger partial charge < -0.3 is 15.1 Å². The van der Waals surface area contributed by atoms with Crippen LogP contribution in [-0.2, 0) is 6.42 Å². The van der Waals surface area contributed by atoms with Gasteiger partial charge in [0.1, 0.15) is 29.5 Å². The van der Waals surface area contributed by atoms with Crippen molar-refractivity contribution in [3.05, 3.63) is 36.0 Å². The maximum atomic E-state index is 5.48. The van der Waals surface area contributed by atoms with Crippen molar-refractivity contribution in [3.63, 3.8) is 0 Å². The predicted molar refractivity (Wildman–Crippen MR) is 67.2 cm³/mol. The van der Waals surface area contributed by atoms with E-state index in [1.54, 1.807) is 0 Å². The van der Waals surface area contributed by atoms with Crippen molar-refractivity contribution in [3.8, 4) is 0 Å². The lowest BCUT2D eigenvalue weighted by Gasteiger charge is -2.05. The highest BCUT2D eigenvalue weighted by Crippen LogP contribution is 2.09. The average molecular weight is 232 g/mol. The molecule has 5 heteroatoms. The molecule has 0 spiro atoms. The molecule has 2 aromatic rings. The lowest BCUT2D eigenvalue weighted by Crippen LogP contribution is -2.06. The highest BCUT2D eigenvalue weighted by atomic mass is 16.3. The lowest BCUT2D eigenvalue weighted by atomic mass is 10.3. The first kappa shape index (κ1) is 11.4. The molecule has 2 heterocycles. The third-order valence-corrected chi connectivity index (χ3v) is 2.40. The maximum Gasteiger partial charge on any atom is 0.131 e. The highest BCUT2D eigenvalue weighted by molar-refractivity contribution is 5.45. The average Bonchev–Trinajstić information content (AvgIpc) is 2.75. The van der Waals surface area contributed by atoms with Crippen molar-refractivity contribution in [2.75, 3.05) is 24.2 Å². The number of hydrogen-bond donors (Lipinski definition) is 2. The second-order valence-electron chi connectivity index (χ2n) is 3.73. The summed E-state index contributed by atoms with van der Waals surface area (Å²) in [5.41, 5.74) is 0. The van der Waals surface area contributed by atoms with Crippen LogP contribution >= 0.6 is 0 Å². The van der Waals surface area contributed by atoms with Gasteiger partial charge in [0.15, 0.2) is 0 Å². The molecule has 0 aliphatic rings. The second-order valence-corrected chi connectivity index (χ2v) is 3.73. The Kier molecular flexibility index (Phi) is 3.59. The molecule has 0 bridgehead atoms. The Bertz CT molecular complexity index is 481. The number of furan rings is 1. The van der Waals surface area contributed by atoms with E-state index in [-0.39, 0.29) is 0 Å². The number of hydrogen-bond acceptors (Lipinski definition) is 5. The first-order valence-electron chi connectivity index (χ1n) is 5.57. The van der Waals surface area contributed by atoms with Crippen LogP contribution in [0.3, 0.4) is 0 Å². The summed E-state index contributed by atoms with van der Waals surface area (Å²) in [6, 6.07) is 5.84. The molecule has 0 aliphatic carbocycles. The Morgan fingerprint density at radius 2 is 2.06 bits per heavy atom. The molecular weight excluding hydrogens is 216 g/mol. The Morgan fingerprint density at radius 3 is 2.76 bits per heavy atom. The van der Waals surface area contributed by atoms with E-state index in [0.29, 0.717) is 0 Å². The van der Waals surface area contributed by atoms with Gasteiger partial charge in [-0.15, -0.1) is 0 Å². The highest BCUT2D eigenvalue weighted by Gasteiger charge is 2.00. The fraction of sp³-hybridized carbons (Fsp3) is 0.333. The van der Waals surface area contributed by atoms with Gasteiger partial charge >= 0.3 is 0 Å². The predicted octanol–water partition coefficient (Wildman–Crippen LogP) is 2.07. The second kappa shape index (κ2) is 5.34. The molecule has 0 aromatic carbocycles. The molecule has 17 heavy (non-hydrogen) atoms. The molecule has 0 fully saturated rings. The van der Waals surface area contributed by atoms with Gasteiger partial charge in [0.05, 0.1) is 0 Å². The van der Waals surface area contributed by atoms with Crippen LogP contribution in [0.4, 0.5) is 11.6 Å². The Hall–Kier alpha value is -2.04. The number of nitrogens with zero attached hydrogens (tertiary/aromatic N) is 2. The van der Waals surface area contributed by atoms with Crippen LogP contribution in [-0.4, -0.2) is 23.6 Å². The molecule has 0 saturated carbocycles. The largest absolute Gasteiger partial charge is 0.466 e. The summed E-state index contributed by atoms with van der Waals surface area (Å²) in [6.07, 6.45) is 2.37. The van der Waals surface area contributed by atoms with Crippen LogP contribution in [0.5, 0.6) is 0 Å². The first-order chi connectivity index (χ1) is 8.28. The van der Waals surface area contributed by atoms with Crippen LogP contribution in [0, 0.1) is 6.92 Å². The summed E-state index contributed by atoms with van der Waals surface area (Å²) >= 11 is 0. The van der Waals surface area contributed by atoms with E-state index in [1.165, 1.54) is 6.33 Å². The molecule has 0 aliphatic heterocycles. The molecule has 2 rings (SSSR count). The molecule has 2 aromatic heterocycles. The maximum absolute atomic E-state index is 5.48. The minimum Gasteiger partial charge on any atom is -0.466 e. The minimum atomic E-state index is 0.785. The van der Waals surface area contributed by atoms with E-state index in [4.69, 9.17) is 4.42 Å². The van der Waals surface area contributed by atoms with E-state index >= 15 is 0 Å². The van der Waals surface area contributed by atoms with E-state index < -0.39 is 0 Å². The van der Waals surface area contributed by atoms with E-state index in [1.807, 2.05) is 32.2 Å². The topological polar surface area (TPSA) is 63.0 Å². The fourth-order valence-corrected chi connectivity index (χ4v) is 1.52. The lowest BCUT2D eigenvalue weighted by molar-refractivity contribution is 0.486. The normalized spacial score (nSPS) is 10.2. The van der Waals surface area contributed by atoms with Gasteiger partial charge in [-0.1, -0.05) is 0 Å². The van der Waals surface area contributed by atoms with Crippen LogP contribution in [0.25, 0.3) is 0 Å². The van der Waals surface area contributed by atoms with Crippen molar-refractivity contribution >= 4 is 11.6 Å². The van der Waals surface area contributed by atoms with Gasteiger partial charge in [-0.3, -0.25) is 0 Å². The number of aryl methyl sites for hydroxylation is 1.